The average Bonchev–Trinajstić information content (AvgIpc) is 3.48. The maximum absolute atomic E-state index is 2.40. The highest BCUT2D eigenvalue weighted by molar-refractivity contribution is 6.10. The van der Waals surface area contributed by atoms with Gasteiger partial charge in [-0.3, -0.25) is 0 Å². The van der Waals surface area contributed by atoms with Crippen LogP contribution in [0.2, 0.25) is 0 Å². The molecule has 0 spiro atoms. The zero-order chi connectivity index (χ0) is 23.6. The molecule has 168 valence electrons. The van der Waals surface area contributed by atoms with Crippen LogP contribution in [0.15, 0.2) is 127 Å². The van der Waals surface area contributed by atoms with Gasteiger partial charge in [0.1, 0.15) is 0 Å². The number of hydrogen-bond acceptors (Lipinski definition) is 0. The number of rotatable bonds is 2. The van der Waals surface area contributed by atoms with E-state index in [4.69, 9.17) is 0 Å². The molecule has 0 radical (unpaired) electrons. The van der Waals surface area contributed by atoms with Gasteiger partial charge < -0.3 is 4.57 Å². The third-order valence-corrected chi connectivity index (χ3v) is 7.79. The predicted octanol–water partition coefficient (Wildman–Crippen LogP) is 9.18. The molecule has 0 saturated heterocycles. The minimum atomic E-state index is 0.999. The van der Waals surface area contributed by atoms with E-state index in [1.807, 2.05) is 0 Å². The van der Waals surface area contributed by atoms with Crippen LogP contribution in [0.4, 0.5) is 0 Å². The third kappa shape index (κ3) is 2.77. The van der Waals surface area contributed by atoms with Crippen LogP contribution in [-0.4, -0.2) is 4.57 Å². The standard InChI is InChI=1S/C35H23N/c1-2-9-28(10-3-1)36-33-13-7-6-12-31(33)32-22-25(17-19-34(32)36)24-16-18-30-27(20-24)21-26-15-14-23-8-4-5-11-29(23)35(26)30/h1-20,22H,21H2. The first-order chi connectivity index (χ1) is 17.8. The van der Waals surface area contributed by atoms with Crippen LogP contribution in [0.3, 0.4) is 0 Å². The quantitative estimate of drug-likeness (QED) is 0.244. The molecule has 0 fully saturated rings. The van der Waals surface area contributed by atoms with E-state index < -0.39 is 0 Å². The summed E-state index contributed by atoms with van der Waals surface area (Å²) in [6.45, 7) is 0. The SMILES string of the molecule is c1ccc(-n2c3ccccc3c3cc(-c4ccc5c(c4)Cc4ccc6ccccc6c4-5)ccc32)cc1. The molecule has 1 heteroatoms. The zero-order valence-electron chi connectivity index (χ0n) is 19.8. The molecule has 36 heavy (non-hydrogen) atoms. The van der Waals surface area contributed by atoms with Crippen molar-refractivity contribution >= 4 is 32.6 Å². The maximum Gasteiger partial charge on any atom is 0.0541 e. The Morgan fingerprint density at radius 1 is 0.472 bits per heavy atom. The lowest BCUT2D eigenvalue weighted by molar-refractivity contribution is 1.18. The van der Waals surface area contributed by atoms with Gasteiger partial charge in [0.05, 0.1) is 11.0 Å². The van der Waals surface area contributed by atoms with Gasteiger partial charge in [-0.25, -0.2) is 0 Å². The van der Waals surface area contributed by atoms with Crippen molar-refractivity contribution in [2.75, 3.05) is 0 Å². The number of hydrogen-bond donors (Lipinski definition) is 0. The summed E-state index contributed by atoms with van der Waals surface area (Å²) in [5.74, 6) is 0. The molecule has 8 rings (SSSR count). The Kier molecular flexibility index (Phi) is 4.06. The van der Waals surface area contributed by atoms with Crippen LogP contribution in [0.1, 0.15) is 11.1 Å². The van der Waals surface area contributed by atoms with Crippen molar-refractivity contribution < 1.29 is 0 Å². The molecule has 0 bridgehead atoms. The zero-order valence-corrected chi connectivity index (χ0v) is 19.8. The number of benzene rings is 6. The third-order valence-electron chi connectivity index (χ3n) is 7.79. The lowest BCUT2D eigenvalue weighted by atomic mass is 9.96. The van der Waals surface area contributed by atoms with Crippen LogP contribution in [0.5, 0.6) is 0 Å². The summed E-state index contributed by atoms with van der Waals surface area (Å²) in [5, 5.41) is 5.25. The summed E-state index contributed by atoms with van der Waals surface area (Å²) < 4.78 is 2.37. The molecule has 7 aromatic rings. The van der Waals surface area contributed by atoms with Gasteiger partial charge in [0.15, 0.2) is 0 Å². The molecule has 0 saturated carbocycles. The van der Waals surface area contributed by atoms with E-state index in [0.29, 0.717) is 0 Å². The Balaban J connectivity index is 1.30. The van der Waals surface area contributed by atoms with Crippen LogP contribution in [0.25, 0.3) is 60.5 Å². The maximum atomic E-state index is 2.40. The highest BCUT2D eigenvalue weighted by atomic mass is 15.0. The van der Waals surface area contributed by atoms with Crippen molar-refractivity contribution in [2.45, 2.75) is 6.42 Å². The van der Waals surface area contributed by atoms with Crippen molar-refractivity contribution in [1.29, 1.82) is 0 Å². The van der Waals surface area contributed by atoms with E-state index >= 15 is 0 Å². The monoisotopic (exact) mass is 457 g/mol. The summed E-state index contributed by atoms with van der Waals surface area (Å²) in [6, 6.07) is 46.7. The second-order valence-electron chi connectivity index (χ2n) is 9.79. The number of fused-ring (bicyclic) bond motifs is 8. The van der Waals surface area contributed by atoms with Gasteiger partial charge in [-0.2, -0.15) is 0 Å². The highest BCUT2D eigenvalue weighted by Crippen LogP contribution is 2.43. The molecule has 0 amide bonds. The molecule has 0 N–H and O–H groups in total. The Labute approximate surface area is 209 Å². The fourth-order valence-electron chi connectivity index (χ4n) is 6.16. The summed E-state index contributed by atoms with van der Waals surface area (Å²) in [6.07, 6.45) is 0.999. The van der Waals surface area contributed by atoms with Gasteiger partial charge in [0.25, 0.3) is 0 Å². The molecule has 1 aliphatic carbocycles. The molecule has 1 aliphatic rings. The van der Waals surface area contributed by atoms with Crippen molar-refractivity contribution in [3.05, 3.63) is 139 Å². The van der Waals surface area contributed by atoms with Crippen molar-refractivity contribution in [3.63, 3.8) is 0 Å². The second-order valence-corrected chi connectivity index (χ2v) is 9.79. The van der Waals surface area contributed by atoms with E-state index in [1.165, 1.54) is 71.6 Å². The number of para-hydroxylation sites is 2. The molecule has 1 nitrogen and oxygen atoms in total. The molecular weight excluding hydrogens is 434 g/mol. The van der Waals surface area contributed by atoms with Crippen molar-refractivity contribution in [3.8, 4) is 27.9 Å². The highest BCUT2D eigenvalue weighted by Gasteiger charge is 2.21. The first kappa shape index (κ1) is 19.7. The van der Waals surface area contributed by atoms with Crippen molar-refractivity contribution in [1.82, 2.24) is 4.57 Å². The van der Waals surface area contributed by atoms with E-state index in [9.17, 15) is 0 Å². The first-order valence-corrected chi connectivity index (χ1v) is 12.6. The Morgan fingerprint density at radius 3 is 2.11 bits per heavy atom. The summed E-state index contributed by atoms with van der Waals surface area (Å²) in [5.41, 5.74) is 11.9. The minimum absolute atomic E-state index is 0.999. The van der Waals surface area contributed by atoms with Crippen LogP contribution in [0, 0.1) is 0 Å². The largest absolute Gasteiger partial charge is 0.309 e. The lowest BCUT2D eigenvalue weighted by Gasteiger charge is -2.09. The molecule has 1 aromatic heterocycles. The summed E-state index contributed by atoms with van der Waals surface area (Å²) in [7, 11) is 0. The van der Waals surface area contributed by atoms with Crippen LogP contribution in [-0.2, 0) is 6.42 Å². The Hall–Kier alpha value is -4.62. The Morgan fingerprint density at radius 2 is 1.19 bits per heavy atom. The normalized spacial score (nSPS) is 12.3. The molecule has 0 aliphatic heterocycles. The summed E-state index contributed by atoms with van der Waals surface area (Å²) >= 11 is 0. The molecule has 0 unspecified atom stereocenters. The first-order valence-electron chi connectivity index (χ1n) is 12.6. The van der Waals surface area contributed by atoms with Gasteiger partial charge in [-0.05, 0) is 80.9 Å². The number of nitrogens with zero attached hydrogens (tertiary/aromatic N) is 1. The van der Waals surface area contributed by atoms with E-state index in [-0.39, 0.29) is 0 Å². The van der Waals surface area contributed by atoms with E-state index in [2.05, 4.69) is 132 Å². The smallest absolute Gasteiger partial charge is 0.0541 e. The van der Waals surface area contributed by atoms with Crippen LogP contribution >= 0.6 is 0 Å². The fraction of sp³-hybridized carbons (Fsp3) is 0.0286. The van der Waals surface area contributed by atoms with Crippen molar-refractivity contribution in [2.24, 2.45) is 0 Å². The lowest BCUT2D eigenvalue weighted by Crippen LogP contribution is -1.92. The van der Waals surface area contributed by atoms with E-state index in [1.54, 1.807) is 0 Å². The number of aromatic nitrogens is 1. The minimum Gasteiger partial charge on any atom is -0.309 e. The predicted molar refractivity (Wildman–Crippen MR) is 152 cm³/mol. The van der Waals surface area contributed by atoms with Gasteiger partial charge in [-0.1, -0.05) is 97.1 Å². The fourth-order valence-corrected chi connectivity index (χ4v) is 6.16. The second kappa shape index (κ2) is 7.44. The summed E-state index contributed by atoms with van der Waals surface area (Å²) in [4.78, 5) is 0. The molecule has 1 heterocycles. The molecule has 6 aromatic carbocycles. The average molecular weight is 458 g/mol. The van der Waals surface area contributed by atoms with Gasteiger partial charge in [0.2, 0.25) is 0 Å². The van der Waals surface area contributed by atoms with Gasteiger partial charge in [-0.15, -0.1) is 0 Å². The molecular formula is C35H23N. The van der Waals surface area contributed by atoms with Crippen LogP contribution < -0.4 is 0 Å². The Bertz CT molecular complexity index is 1960. The van der Waals surface area contributed by atoms with E-state index in [0.717, 1.165) is 6.42 Å². The molecule has 0 atom stereocenters. The van der Waals surface area contributed by atoms with Gasteiger partial charge >= 0.3 is 0 Å². The topological polar surface area (TPSA) is 4.93 Å². The van der Waals surface area contributed by atoms with Gasteiger partial charge in [0, 0.05) is 16.5 Å².